The second kappa shape index (κ2) is 7.63. The maximum absolute atomic E-state index is 5.90. The Bertz CT molecular complexity index is 355. The summed E-state index contributed by atoms with van der Waals surface area (Å²) in [7, 11) is 4.22. The van der Waals surface area contributed by atoms with E-state index in [1.807, 2.05) is 7.05 Å². The Labute approximate surface area is 116 Å². The maximum atomic E-state index is 5.90. The van der Waals surface area contributed by atoms with Crippen LogP contribution in [0, 0.1) is 0 Å². The van der Waals surface area contributed by atoms with Crippen molar-refractivity contribution in [2.24, 2.45) is 0 Å². The summed E-state index contributed by atoms with van der Waals surface area (Å²) in [6, 6.07) is 11.2. The molecule has 19 heavy (non-hydrogen) atoms. The van der Waals surface area contributed by atoms with E-state index >= 15 is 0 Å². The number of ether oxygens (including phenoxy) is 1. The van der Waals surface area contributed by atoms with Crippen LogP contribution >= 0.6 is 0 Å². The Morgan fingerprint density at radius 2 is 2.16 bits per heavy atom. The summed E-state index contributed by atoms with van der Waals surface area (Å²) in [5.74, 6) is 0. The van der Waals surface area contributed by atoms with E-state index in [1.54, 1.807) is 0 Å². The molecule has 0 aliphatic carbocycles. The van der Waals surface area contributed by atoms with Crippen LogP contribution in [0.3, 0.4) is 0 Å². The van der Waals surface area contributed by atoms with Gasteiger partial charge in [0.05, 0.1) is 12.7 Å². The predicted molar refractivity (Wildman–Crippen MR) is 79.5 cm³/mol. The van der Waals surface area contributed by atoms with Crippen molar-refractivity contribution >= 4 is 0 Å². The van der Waals surface area contributed by atoms with E-state index < -0.39 is 0 Å². The van der Waals surface area contributed by atoms with Crippen LogP contribution in [0.1, 0.15) is 18.4 Å². The zero-order valence-electron chi connectivity index (χ0n) is 12.1. The molecule has 0 bridgehead atoms. The minimum absolute atomic E-state index is 0.333. The molecule has 2 atom stereocenters. The zero-order chi connectivity index (χ0) is 13.5. The third-order valence-electron chi connectivity index (χ3n) is 3.94. The van der Waals surface area contributed by atoms with Crippen LogP contribution in [0.5, 0.6) is 0 Å². The first-order valence-electron chi connectivity index (χ1n) is 7.31. The van der Waals surface area contributed by atoms with Crippen LogP contribution in [-0.2, 0) is 11.2 Å². The number of nitrogens with one attached hydrogen (secondary N) is 1. The molecule has 1 fully saturated rings. The lowest BCUT2D eigenvalue weighted by Gasteiger charge is -2.35. The van der Waals surface area contributed by atoms with Crippen LogP contribution in [-0.4, -0.2) is 50.8 Å². The summed E-state index contributed by atoms with van der Waals surface area (Å²) >= 11 is 0. The van der Waals surface area contributed by atoms with Gasteiger partial charge >= 0.3 is 0 Å². The minimum atomic E-state index is 0.333. The number of benzene rings is 1. The highest BCUT2D eigenvalue weighted by Gasteiger charge is 2.25. The normalized spacial score (nSPS) is 22.3. The fourth-order valence-electron chi connectivity index (χ4n) is 2.74. The fraction of sp³-hybridized carbons (Fsp3) is 0.625. The van der Waals surface area contributed by atoms with Crippen LogP contribution in [0.2, 0.25) is 0 Å². The molecule has 1 aromatic carbocycles. The summed E-state index contributed by atoms with van der Waals surface area (Å²) in [5.41, 5.74) is 1.43. The van der Waals surface area contributed by atoms with Gasteiger partial charge in [-0.05, 0) is 38.9 Å². The second-order valence-electron chi connectivity index (χ2n) is 5.44. The highest BCUT2D eigenvalue weighted by atomic mass is 16.5. The van der Waals surface area contributed by atoms with Crippen LogP contribution in [0.15, 0.2) is 30.3 Å². The fourth-order valence-corrected chi connectivity index (χ4v) is 2.74. The molecule has 106 valence electrons. The Morgan fingerprint density at radius 3 is 2.84 bits per heavy atom. The van der Waals surface area contributed by atoms with Gasteiger partial charge in [-0.1, -0.05) is 30.3 Å². The lowest BCUT2D eigenvalue weighted by molar-refractivity contribution is -0.0389. The van der Waals surface area contributed by atoms with E-state index in [0.29, 0.717) is 12.1 Å². The van der Waals surface area contributed by atoms with Gasteiger partial charge in [-0.15, -0.1) is 0 Å². The average molecular weight is 262 g/mol. The van der Waals surface area contributed by atoms with E-state index in [2.05, 4.69) is 47.6 Å². The first kappa shape index (κ1) is 14.5. The number of likely N-dealkylation sites (N-methyl/N-ethyl adjacent to an activating group) is 2. The van der Waals surface area contributed by atoms with Crippen molar-refractivity contribution in [2.75, 3.05) is 33.8 Å². The molecule has 1 saturated heterocycles. The van der Waals surface area contributed by atoms with E-state index in [0.717, 1.165) is 26.1 Å². The van der Waals surface area contributed by atoms with Gasteiger partial charge in [0, 0.05) is 19.1 Å². The van der Waals surface area contributed by atoms with E-state index in [1.165, 1.54) is 18.4 Å². The van der Waals surface area contributed by atoms with Crippen molar-refractivity contribution in [3.05, 3.63) is 35.9 Å². The third-order valence-corrected chi connectivity index (χ3v) is 3.94. The lowest BCUT2D eigenvalue weighted by atomic mass is 10.0. The summed E-state index contributed by atoms with van der Waals surface area (Å²) in [5, 5.41) is 3.43. The third kappa shape index (κ3) is 4.60. The molecule has 2 rings (SSSR count). The molecular weight excluding hydrogens is 236 g/mol. The summed E-state index contributed by atoms with van der Waals surface area (Å²) in [6.07, 6.45) is 3.87. The topological polar surface area (TPSA) is 24.5 Å². The summed E-state index contributed by atoms with van der Waals surface area (Å²) in [4.78, 5) is 2.36. The summed E-state index contributed by atoms with van der Waals surface area (Å²) in [6.45, 7) is 2.95. The van der Waals surface area contributed by atoms with Crippen molar-refractivity contribution in [3.8, 4) is 0 Å². The molecule has 1 aromatic rings. The molecule has 2 unspecified atom stereocenters. The SMILES string of the molecule is CNC(CCCc1ccccc1)C1CN(C)CCO1. The molecule has 0 amide bonds. The number of hydrogen-bond donors (Lipinski definition) is 1. The number of hydrogen-bond acceptors (Lipinski definition) is 3. The van der Waals surface area contributed by atoms with Gasteiger partial charge in [-0.3, -0.25) is 0 Å². The number of rotatable bonds is 6. The first-order chi connectivity index (χ1) is 9.29. The van der Waals surface area contributed by atoms with Gasteiger partial charge in [0.2, 0.25) is 0 Å². The quantitative estimate of drug-likeness (QED) is 0.848. The number of nitrogens with zero attached hydrogens (tertiary/aromatic N) is 1. The molecule has 1 N–H and O–H groups in total. The van der Waals surface area contributed by atoms with Crippen LogP contribution < -0.4 is 5.32 Å². The highest BCUT2D eigenvalue weighted by Crippen LogP contribution is 2.13. The van der Waals surface area contributed by atoms with Crippen LogP contribution in [0.4, 0.5) is 0 Å². The number of aryl methyl sites for hydroxylation is 1. The second-order valence-corrected chi connectivity index (χ2v) is 5.44. The molecule has 1 aliphatic rings. The van der Waals surface area contributed by atoms with Gasteiger partial charge in [-0.2, -0.15) is 0 Å². The molecule has 1 aliphatic heterocycles. The van der Waals surface area contributed by atoms with Crippen molar-refractivity contribution in [1.82, 2.24) is 10.2 Å². The van der Waals surface area contributed by atoms with Crippen molar-refractivity contribution < 1.29 is 4.74 Å². The van der Waals surface area contributed by atoms with Gasteiger partial charge in [0.1, 0.15) is 0 Å². The molecule has 0 saturated carbocycles. The first-order valence-corrected chi connectivity index (χ1v) is 7.31. The van der Waals surface area contributed by atoms with E-state index in [9.17, 15) is 0 Å². The van der Waals surface area contributed by atoms with Gasteiger partial charge in [0.15, 0.2) is 0 Å². The van der Waals surface area contributed by atoms with Crippen molar-refractivity contribution in [2.45, 2.75) is 31.4 Å². The van der Waals surface area contributed by atoms with E-state index in [4.69, 9.17) is 4.74 Å². The predicted octanol–water partition coefficient (Wildman–Crippen LogP) is 1.93. The average Bonchev–Trinajstić information content (AvgIpc) is 2.45. The molecule has 3 heteroatoms. The van der Waals surface area contributed by atoms with E-state index in [-0.39, 0.29) is 0 Å². The van der Waals surface area contributed by atoms with Crippen molar-refractivity contribution in [1.29, 1.82) is 0 Å². The maximum Gasteiger partial charge on any atom is 0.0855 e. The Hall–Kier alpha value is -0.900. The summed E-state index contributed by atoms with van der Waals surface area (Å²) < 4.78 is 5.90. The van der Waals surface area contributed by atoms with Crippen LogP contribution in [0.25, 0.3) is 0 Å². The smallest absolute Gasteiger partial charge is 0.0855 e. The monoisotopic (exact) mass is 262 g/mol. The zero-order valence-corrected chi connectivity index (χ0v) is 12.1. The minimum Gasteiger partial charge on any atom is -0.374 e. The van der Waals surface area contributed by atoms with Gasteiger partial charge < -0.3 is 15.0 Å². The molecule has 0 spiro atoms. The molecule has 1 heterocycles. The number of morpholine rings is 1. The van der Waals surface area contributed by atoms with Crippen molar-refractivity contribution in [3.63, 3.8) is 0 Å². The molecule has 0 radical (unpaired) electrons. The largest absolute Gasteiger partial charge is 0.374 e. The Morgan fingerprint density at radius 1 is 1.37 bits per heavy atom. The lowest BCUT2D eigenvalue weighted by Crippen LogP contribution is -2.50. The Kier molecular flexibility index (Phi) is 5.83. The molecular formula is C16H26N2O. The molecule has 0 aromatic heterocycles. The highest BCUT2D eigenvalue weighted by molar-refractivity contribution is 5.14. The Balaban J connectivity index is 1.76. The molecule has 3 nitrogen and oxygen atoms in total. The standard InChI is InChI=1S/C16H26N2O/c1-17-15(16-13-18(2)11-12-19-16)10-6-9-14-7-4-3-5-8-14/h3-5,7-8,15-17H,6,9-13H2,1-2H3. The van der Waals surface area contributed by atoms with Gasteiger partial charge in [0.25, 0.3) is 0 Å². The van der Waals surface area contributed by atoms with Gasteiger partial charge in [-0.25, -0.2) is 0 Å².